The highest BCUT2D eigenvalue weighted by molar-refractivity contribution is 9.10. The number of carboxylic acid groups (broad SMARTS) is 1. The Kier molecular flexibility index (Phi) is 3.75. The fraction of sp³-hybridized carbons (Fsp3) is 0.0909. The van der Waals surface area contributed by atoms with Crippen molar-refractivity contribution in [1.82, 2.24) is 4.98 Å². The quantitative estimate of drug-likeness (QED) is 0.910. The van der Waals surface area contributed by atoms with Crippen LogP contribution in [0.5, 0.6) is 0 Å². The highest BCUT2D eigenvalue weighted by Gasteiger charge is 2.09. The zero-order chi connectivity index (χ0) is 12.3. The lowest BCUT2D eigenvalue weighted by Gasteiger charge is -2.07. The molecule has 2 rings (SSSR count). The minimum atomic E-state index is -0.979. The van der Waals surface area contributed by atoms with Gasteiger partial charge in [-0.05, 0) is 28.1 Å². The maximum atomic E-state index is 11.0. The van der Waals surface area contributed by atoms with E-state index in [0.29, 0.717) is 12.2 Å². The van der Waals surface area contributed by atoms with Crippen molar-refractivity contribution in [3.63, 3.8) is 0 Å². The van der Waals surface area contributed by atoms with Gasteiger partial charge in [0.25, 0.3) is 0 Å². The Bertz CT molecular complexity index is 542. The average molecular weight is 313 g/mol. The lowest BCUT2D eigenvalue weighted by molar-refractivity contribution is 0.0697. The molecule has 88 valence electrons. The first-order chi connectivity index (χ1) is 8.16. The van der Waals surface area contributed by atoms with E-state index in [2.05, 4.69) is 26.2 Å². The Balaban J connectivity index is 2.11. The smallest absolute Gasteiger partial charge is 0.339 e. The van der Waals surface area contributed by atoms with Crippen molar-refractivity contribution in [3.05, 3.63) is 44.8 Å². The van der Waals surface area contributed by atoms with E-state index in [0.717, 1.165) is 9.35 Å². The second kappa shape index (κ2) is 5.29. The number of rotatable bonds is 4. The number of anilines is 1. The number of carboxylic acids is 1. The summed E-state index contributed by atoms with van der Waals surface area (Å²) in [6.07, 6.45) is 2.91. The molecule has 0 aliphatic heterocycles. The normalized spacial score (nSPS) is 10.2. The standard InChI is InChI=1S/C11H9BrN2O2S/c12-7-3-8(17-6-7)4-14-10-1-2-13-5-9(10)11(15)16/h1-3,5-6H,4H2,(H,13,14)(H,15,16). The van der Waals surface area contributed by atoms with Crippen molar-refractivity contribution in [2.45, 2.75) is 6.54 Å². The highest BCUT2D eigenvalue weighted by Crippen LogP contribution is 2.21. The van der Waals surface area contributed by atoms with E-state index in [4.69, 9.17) is 5.11 Å². The molecule has 4 nitrogen and oxygen atoms in total. The number of carbonyl (C=O) groups is 1. The second-order valence-corrected chi connectivity index (χ2v) is 5.22. The summed E-state index contributed by atoms with van der Waals surface area (Å²) in [6, 6.07) is 3.66. The van der Waals surface area contributed by atoms with Crippen LogP contribution in [-0.2, 0) is 6.54 Å². The number of aromatic nitrogens is 1. The van der Waals surface area contributed by atoms with Crippen LogP contribution < -0.4 is 5.32 Å². The van der Waals surface area contributed by atoms with Crippen molar-refractivity contribution >= 4 is 38.9 Å². The molecule has 0 aliphatic carbocycles. The Morgan fingerprint density at radius 2 is 2.41 bits per heavy atom. The van der Waals surface area contributed by atoms with Crippen LogP contribution in [0, 0.1) is 0 Å². The van der Waals surface area contributed by atoms with Gasteiger partial charge in [-0.3, -0.25) is 4.98 Å². The SMILES string of the molecule is O=C(O)c1cnccc1NCc1cc(Br)cs1. The molecule has 0 aliphatic rings. The van der Waals surface area contributed by atoms with E-state index in [9.17, 15) is 4.79 Å². The Labute approximate surface area is 110 Å². The van der Waals surface area contributed by atoms with Crippen LogP contribution in [0.4, 0.5) is 5.69 Å². The van der Waals surface area contributed by atoms with Gasteiger partial charge >= 0.3 is 5.97 Å². The number of pyridine rings is 1. The zero-order valence-electron chi connectivity index (χ0n) is 8.68. The number of hydrogen-bond donors (Lipinski definition) is 2. The number of nitrogens with one attached hydrogen (secondary N) is 1. The molecular formula is C11H9BrN2O2S. The van der Waals surface area contributed by atoms with E-state index in [-0.39, 0.29) is 5.56 Å². The molecule has 2 N–H and O–H groups in total. The van der Waals surface area contributed by atoms with Crippen molar-refractivity contribution in [2.24, 2.45) is 0 Å². The Hall–Kier alpha value is -1.40. The maximum Gasteiger partial charge on any atom is 0.339 e. The molecule has 0 amide bonds. The van der Waals surface area contributed by atoms with Crippen molar-refractivity contribution < 1.29 is 9.90 Å². The van der Waals surface area contributed by atoms with E-state index < -0.39 is 5.97 Å². The van der Waals surface area contributed by atoms with E-state index in [1.807, 2.05) is 11.4 Å². The maximum absolute atomic E-state index is 11.0. The lowest BCUT2D eigenvalue weighted by atomic mass is 10.2. The van der Waals surface area contributed by atoms with Crippen molar-refractivity contribution in [2.75, 3.05) is 5.32 Å². The lowest BCUT2D eigenvalue weighted by Crippen LogP contribution is -2.06. The van der Waals surface area contributed by atoms with Crippen LogP contribution in [0.15, 0.2) is 34.4 Å². The molecule has 0 aromatic carbocycles. The van der Waals surface area contributed by atoms with E-state index in [1.54, 1.807) is 23.6 Å². The first-order valence-electron chi connectivity index (χ1n) is 4.81. The predicted octanol–water partition coefficient (Wildman–Crippen LogP) is 3.22. The third-order valence-electron chi connectivity index (χ3n) is 2.13. The largest absolute Gasteiger partial charge is 0.478 e. The summed E-state index contributed by atoms with van der Waals surface area (Å²) in [6.45, 7) is 0.598. The molecule has 6 heteroatoms. The molecule has 0 fully saturated rings. The molecule has 0 spiro atoms. The minimum Gasteiger partial charge on any atom is -0.478 e. The molecule has 0 unspecified atom stereocenters. The molecule has 2 heterocycles. The zero-order valence-corrected chi connectivity index (χ0v) is 11.1. The van der Waals surface area contributed by atoms with Gasteiger partial charge < -0.3 is 10.4 Å². The predicted molar refractivity (Wildman–Crippen MR) is 70.5 cm³/mol. The summed E-state index contributed by atoms with van der Waals surface area (Å²) in [5, 5.41) is 14.1. The van der Waals surface area contributed by atoms with Crippen LogP contribution in [0.1, 0.15) is 15.2 Å². The first kappa shape index (κ1) is 12.1. The van der Waals surface area contributed by atoms with Gasteiger partial charge in [0, 0.05) is 33.7 Å². The fourth-order valence-electron chi connectivity index (χ4n) is 1.35. The molecule has 17 heavy (non-hydrogen) atoms. The monoisotopic (exact) mass is 312 g/mol. The summed E-state index contributed by atoms with van der Waals surface area (Å²) in [5.74, 6) is -0.979. The Morgan fingerprint density at radius 3 is 3.06 bits per heavy atom. The van der Waals surface area contributed by atoms with Gasteiger partial charge in [0.1, 0.15) is 5.56 Å². The molecule has 2 aromatic rings. The summed E-state index contributed by atoms with van der Waals surface area (Å²) in [5.41, 5.74) is 0.764. The fourth-order valence-corrected chi connectivity index (χ4v) is 2.74. The van der Waals surface area contributed by atoms with Crippen LogP contribution in [0.2, 0.25) is 0 Å². The topological polar surface area (TPSA) is 62.2 Å². The van der Waals surface area contributed by atoms with Crippen molar-refractivity contribution in [1.29, 1.82) is 0 Å². The van der Waals surface area contributed by atoms with Crippen LogP contribution in [0.3, 0.4) is 0 Å². The number of nitrogens with zero attached hydrogens (tertiary/aromatic N) is 1. The number of aromatic carboxylic acids is 1. The van der Waals surface area contributed by atoms with Gasteiger partial charge in [0.15, 0.2) is 0 Å². The third kappa shape index (κ3) is 3.04. The van der Waals surface area contributed by atoms with Gasteiger partial charge in [-0.25, -0.2) is 4.79 Å². The number of thiophene rings is 1. The molecule has 0 radical (unpaired) electrons. The van der Waals surface area contributed by atoms with Gasteiger partial charge in [-0.1, -0.05) is 0 Å². The Morgan fingerprint density at radius 1 is 1.59 bits per heavy atom. The summed E-state index contributed by atoms with van der Waals surface area (Å²) < 4.78 is 1.03. The first-order valence-corrected chi connectivity index (χ1v) is 6.48. The molecular weight excluding hydrogens is 304 g/mol. The molecule has 2 aromatic heterocycles. The van der Waals surface area contributed by atoms with Crippen LogP contribution in [0.25, 0.3) is 0 Å². The summed E-state index contributed by atoms with van der Waals surface area (Å²) >= 11 is 4.99. The average Bonchev–Trinajstić information content (AvgIpc) is 2.73. The highest BCUT2D eigenvalue weighted by atomic mass is 79.9. The van der Waals surface area contributed by atoms with Gasteiger partial charge in [-0.15, -0.1) is 11.3 Å². The minimum absolute atomic E-state index is 0.183. The molecule has 0 saturated carbocycles. The number of halogens is 1. The summed E-state index contributed by atoms with van der Waals surface area (Å²) in [4.78, 5) is 15.9. The molecule has 0 bridgehead atoms. The molecule has 0 atom stereocenters. The van der Waals surface area contributed by atoms with Gasteiger partial charge in [-0.2, -0.15) is 0 Å². The van der Waals surface area contributed by atoms with E-state index >= 15 is 0 Å². The second-order valence-electron chi connectivity index (χ2n) is 3.31. The van der Waals surface area contributed by atoms with Crippen LogP contribution >= 0.6 is 27.3 Å². The van der Waals surface area contributed by atoms with Crippen molar-refractivity contribution in [3.8, 4) is 0 Å². The third-order valence-corrected chi connectivity index (χ3v) is 3.82. The van der Waals surface area contributed by atoms with Gasteiger partial charge in [0.2, 0.25) is 0 Å². The van der Waals surface area contributed by atoms with E-state index in [1.165, 1.54) is 6.20 Å². The summed E-state index contributed by atoms with van der Waals surface area (Å²) in [7, 11) is 0. The number of hydrogen-bond acceptors (Lipinski definition) is 4. The molecule has 0 saturated heterocycles. The van der Waals surface area contributed by atoms with Crippen LogP contribution in [-0.4, -0.2) is 16.1 Å². The van der Waals surface area contributed by atoms with Gasteiger partial charge in [0.05, 0.1) is 5.69 Å².